The summed E-state index contributed by atoms with van der Waals surface area (Å²) in [6.07, 6.45) is 5.00. The minimum Gasteiger partial charge on any atom is -0.291 e. The van der Waals surface area contributed by atoms with Crippen molar-refractivity contribution < 1.29 is 0 Å². The van der Waals surface area contributed by atoms with Crippen LogP contribution in [0.1, 0.15) is 43.7 Å². The van der Waals surface area contributed by atoms with Gasteiger partial charge in [0, 0.05) is 11.0 Å². The molecular weight excluding hydrogens is 278 g/mol. The van der Waals surface area contributed by atoms with Crippen LogP contribution in [0, 0.1) is 13.5 Å². The van der Waals surface area contributed by atoms with E-state index in [2.05, 4.69) is 80.9 Å². The normalized spacial score (nSPS) is 30.6. The van der Waals surface area contributed by atoms with Crippen LogP contribution in [0.15, 0.2) is 48.5 Å². The van der Waals surface area contributed by atoms with Crippen molar-refractivity contribution in [3.63, 3.8) is 0 Å². The van der Waals surface area contributed by atoms with Gasteiger partial charge in [0.25, 0.3) is 0 Å². The van der Waals surface area contributed by atoms with Gasteiger partial charge in [0.2, 0.25) is 0 Å². The average molecular weight is 303 g/mol. The summed E-state index contributed by atoms with van der Waals surface area (Å²) in [5.41, 5.74) is 5.94. The van der Waals surface area contributed by atoms with Gasteiger partial charge in [0.15, 0.2) is 0 Å². The Morgan fingerprint density at radius 2 is 1.61 bits per heavy atom. The van der Waals surface area contributed by atoms with Crippen molar-refractivity contribution in [1.29, 1.82) is 0 Å². The van der Waals surface area contributed by atoms with Crippen molar-refractivity contribution in [1.82, 2.24) is 4.90 Å². The van der Waals surface area contributed by atoms with E-state index in [1.807, 2.05) is 0 Å². The van der Waals surface area contributed by atoms with Gasteiger partial charge in [-0.2, -0.15) is 0 Å². The third-order valence-corrected chi connectivity index (χ3v) is 6.23. The first kappa shape index (κ1) is 15.0. The van der Waals surface area contributed by atoms with Crippen molar-refractivity contribution in [2.75, 3.05) is 7.05 Å². The molecule has 0 amide bonds. The van der Waals surface area contributed by atoms with Crippen LogP contribution in [0.5, 0.6) is 0 Å². The second-order valence-corrected chi connectivity index (χ2v) is 7.65. The third kappa shape index (κ3) is 2.33. The molecule has 0 spiro atoms. The molecule has 5 rings (SSSR count). The van der Waals surface area contributed by atoms with E-state index >= 15 is 0 Å². The molecule has 118 valence electrons. The maximum Gasteiger partial charge on any atom is 0.0733 e. The summed E-state index contributed by atoms with van der Waals surface area (Å²) in [5.74, 6) is 0. The van der Waals surface area contributed by atoms with Crippen LogP contribution < -0.4 is 0 Å². The molecule has 3 fully saturated rings. The number of benzene rings is 2. The van der Waals surface area contributed by atoms with E-state index in [1.54, 1.807) is 0 Å². The molecule has 2 bridgehead atoms. The first-order valence-corrected chi connectivity index (χ1v) is 8.71. The third-order valence-electron chi connectivity index (χ3n) is 6.23. The molecule has 23 heavy (non-hydrogen) atoms. The lowest BCUT2D eigenvalue weighted by atomic mass is 9.59. The number of hydrogen-bond acceptors (Lipinski definition) is 1. The largest absolute Gasteiger partial charge is 0.291 e. The molecule has 2 aromatic rings. The van der Waals surface area contributed by atoms with E-state index in [0.717, 1.165) is 0 Å². The summed E-state index contributed by atoms with van der Waals surface area (Å²) in [4.78, 5) is 2.37. The van der Waals surface area contributed by atoms with Crippen molar-refractivity contribution in [2.24, 2.45) is 0 Å². The second kappa shape index (κ2) is 5.21. The van der Waals surface area contributed by atoms with Gasteiger partial charge in [-0.05, 0) is 68.8 Å². The summed E-state index contributed by atoms with van der Waals surface area (Å²) in [6, 6.07) is 17.7. The fourth-order valence-corrected chi connectivity index (χ4v) is 4.40. The van der Waals surface area contributed by atoms with Crippen LogP contribution in [-0.2, 0) is 5.41 Å². The van der Waals surface area contributed by atoms with Gasteiger partial charge < -0.3 is 0 Å². The zero-order chi connectivity index (χ0) is 16.1. The molecule has 2 aliphatic heterocycles. The van der Waals surface area contributed by atoms with Gasteiger partial charge in [-0.25, -0.2) is 0 Å². The van der Waals surface area contributed by atoms with Gasteiger partial charge in [0.05, 0.1) is 6.54 Å². The molecule has 1 aliphatic carbocycles. The predicted octanol–water partition coefficient (Wildman–Crippen LogP) is 5.22. The molecule has 0 N–H and O–H groups in total. The Labute approximate surface area is 140 Å². The molecule has 1 nitrogen and oxygen atoms in total. The maximum atomic E-state index is 3.84. The summed E-state index contributed by atoms with van der Waals surface area (Å²) < 4.78 is 0. The number of likely N-dealkylation sites (N-methyl/N-ethyl adjacent to an activating group) is 1. The number of piperidine rings is 2. The molecule has 3 aliphatic rings. The molecule has 2 aromatic carbocycles. The maximum absolute atomic E-state index is 3.84. The smallest absolute Gasteiger partial charge is 0.0733 e. The second-order valence-electron chi connectivity index (χ2n) is 7.65. The molecule has 2 heterocycles. The summed E-state index contributed by atoms with van der Waals surface area (Å²) in [6.45, 7) is 8.48. The van der Waals surface area contributed by atoms with Crippen molar-refractivity contribution in [3.8, 4) is 11.1 Å². The number of rotatable bonds is 2. The van der Waals surface area contributed by atoms with Crippen molar-refractivity contribution >= 4 is 0 Å². The minimum absolute atomic E-state index is 0.112. The Bertz CT molecular complexity index is 708. The number of hydrogen-bond donors (Lipinski definition) is 0. The van der Waals surface area contributed by atoms with Crippen LogP contribution in [0.3, 0.4) is 0 Å². The highest BCUT2D eigenvalue weighted by Gasteiger charge is 2.51. The standard InChI is InChI=1S/C22H25N/c1-17-9-10-19(18-7-5-4-6-8-18)15-20(17)22-13-11-21(2,12-14-22)23(3)16-22/h4-10,15H,11-14H2,1-3H3. The predicted molar refractivity (Wildman–Crippen MR) is 96.2 cm³/mol. The van der Waals surface area contributed by atoms with E-state index in [1.165, 1.54) is 47.9 Å². The molecule has 0 aromatic heterocycles. The van der Waals surface area contributed by atoms with Gasteiger partial charge in [-0.1, -0.05) is 48.5 Å². The lowest BCUT2D eigenvalue weighted by Gasteiger charge is -2.57. The first-order valence-electron chi connectivity index (χ1n) is 8.71. The van der Waals surface area contributed by atoms with Crippen molar-refractivity contribution in [3.05, 3.63) is 66.2 Å². The Balaban J connectivity index is 1.77. The highest BCUT2D eigenvalue weighted by molar-refractivity contribution is 5.65. The van der Waals surface area contributed by atoms with Gasteiger partial charge >= 0.3 is 0 Å². The van der Waals surface area contributed by atoms with Gasteiger partial charge in [-0.3, -0.25) is 4.90 Å². The molecule has 0 atom stereocenters. The van der Waals surface area contributed by atoms with Crippen LogP contribution in [0.25, 0.3) is 11.1 Å². The van der Waals surface area contributed by atoms with E-state index in [9.17, 15) is 0 Å². The van der Waals surface area contributed by atoms with E-state index in [-0.39, 0.29) is 5.41 Å². The molecule has 2 saturated heterocycles. The number of aryl methyl sites for hydroxylation is 1. The highest BCUT2D eigenvalue weighted by atomic mass is 15.2. The van der Waals surface area contributed by atoms with Gasteiger partial charge in [0.1, 0.15) is 0 Å². The molecule has 1 heteroatoms. The zero-order valence-electron chi connectivity index (χ0n) is 14.4. The fourth-order valence-electron chi connectivity index (χ4n) is 4.40. The molecule has 1 saturated carbocycles. The zero-order valence-corrected chi connectivity index (χ0v) is 14.4. The van der Waals surface area contributed by atoms with Crippen LogP contribution in [0.4, 0.5) is 0 Å². The highest BCUT2D eigenvalue weighted by Crippen LogP contribution is 2.54. The molecular formula is C22H25N. The quantitative estimate of drug-likeness (QED) is 0.735. The summed E-state index contributed by atoms with van der Waals surface area (Å²) in [7, 11) is 2.21. The number of fused-ring (bicyclic) bond motifs is 3. The molecule has 0 unspecified atom stereocenters. The SMILES string of the molecule is Cc1ccc(-c2ccccc2)cc1C12[C]N(C)C(C)(CC1)CC2. The Morgan fingerprint density at radius 3 is 2.26 bits per heavy atom. The lowest BCUT2D eigenvalue weighted by Crippen LogP contribution is -2.58. The van der Waals surface area contributed by atoms with Crippen LogP contribution >= 0.6 is 0 Å². The van der Waals surface area contributed by atoms with Crippen LogP contribution in [-0.4, -0.2) is 17.5 Å². The van der Waals surface area contributed by atoms with E-state index < -0.39 is 0 Å². The average Bonchev–Trinajstić information content (AvgIpc) is 2.58. The first-order chi connectivity index (χ1) is 11.0. The Hall–Kier alpha value is -1.60. The van der Waals surface area contributed by atoms with E-state index in [4.69, 9.17) is 0 Å². The molecule has 2 radical (unpaired) electrons. The van der Waals surface area contributed by atoms with Crippen LogP contribution in [0.2, 0.25) is 0 Å². The summed E-state index contributed by atoms with van der Waals surface area (Å²) >= 11 is 0. The summed E-state index contributed by atoms with van der Waals surface area (Å²) in [5, 5.41) is 0. The topological polar surface area (TPSA) is 3.24 Å². The minimum atomic E-state index is 0.112. The number of nitrogens with zero attached hydrogens (tertiary/aromatic N) is 1. The Kier molecular flexibility index (Phi) is 3.39. The van der Waals surface area contributed by atoms with Crippen molar-refractivity contribution in [2.45, 2.75) is 50.5 Å². The fraction of sp³-hybridized carbons (Fsp3) is 0.409. The monoisotopic (exact) mass is 303 g/mol. The lowest BCUT2D eigenvalue weighted by molar-refractivity contribution is 0.0160. The Morgan fingerprint density at radius 1 is 0.913 bits per heavy atom. The van der Waals surface area contributed by atoms with Gasteiger partial charge in [-0.15, -0.1) is 0 Å². The van der Waals surface area contributed by atoms with E-state index in [0.29, 0.717) is 5.54 Å².